The quantitative estimate of drug-likeness (QED) is 0.324. The highest BCUT2D eigenvalue weighted by molar-refractivity contribution is 5.92. The normalized spacial score (nSPS) is 10.6. The molecule has 0 atom stereocenters. The van der Waals surface area contributed by atoms with Crippen LogP contribution in [0, 0.1) is 0 Å². The van der Waals surface area contributed by atoms with Gasteiger partial charge < -0.3 is 14.3 Å². The summed E-state index contributed by atoms with van der Waals surface area (Å²) in [5, 5.41) is 8.69. The van der Waals surface area contributed by atoms with E-state index in [2.05, 4.69) is 26.8 Å². The Kier molecular flexibility index (Phi) is 5.84. The van der Waals surface area contributed by atoms with Gasteiger partial charge in [-0.25, -0.2) is 14.8 Å². The Hall–Kier alpha value is -4.26. The number of nitrogens with zero attached hydrogens (tertiary/aromatic N) is 2. The highest BCUT2D eigenvalue weighted by Gasteiger charge is 2.15. The predicted octanol–water partition coefficient (Wildman–Crippen LogP) is 5.28. The van der Waals surface area contributed by atoms with Crippen molar-refractivity contribution in [2.45, 2.75) is 12.8 Å². The maximum atomic E-state index is 12.5. The van der Waals surface area contributed by atoms with Gasteiger partial charge in [0.2, 0.25) is 11.7 Å². The van der Waals surface area contributed by atoms with Crippen LogP contribution in [0.4, 0.5) is 4.79 Å². The van der Waals surface area contributed by atoms with Crippen LogP contribution in [0.25, 0.3) is 22.5 Å². The van der Waals surface area contributed by atoms with Crippen molar-refractivity contribution in [1.82, 2.24) is 9.97 Å². The molecule has 4 aromatic rings. The van der Waals surface area contributed by atoms with E-state index >= 15 is 0 Å². The molecule has 154 valence electrons. The first-order valence-corrected chi connectivity index (χ1v) is 9.59. The molecule has 2 aromatic carbocycles. The van der Waals surface area contributed by atoms with Gasteiger partial charge in [0.25, 0.3) is 5.89 Å². The fourth-order valence-corrected chi connectivity index (χ4v) is 3.10. The van der Waals surface area contributed by atoms with E-state index in [0.29, 0.717) is 17.7 Å². The second-order valence-electron chi connectivity index (χ2n) is 6.77. The van der Waals surface area contributed by atoms with Crippen molar-refractivity contribution in [1.29, 1.82) is 0 Å². The van der Waals surface area contributed by atoms with E-state index in [1.165, 1.54) is 18.5 Å². The Labute approximate surface area is 178 Å². The average molecular weight is 414 g/mol. The van der Waals surface area contributed by atoms with Gasteiger partial charge in [-0.2, -0.15) is 0 Å². The molecule has 0 aliphatic rings. The number of benzene rings is 2. The van der Waals surface area contributed by atoms with Crippen LogP contribution in [0.5, 0.6) is 5.88 Å². The Balaban J connectivity index is 1.39. The minimum Gasteiger partial charge on any atom is -0.449 e. The summed E-state index contributed by atoms with van der Waals surface area (Å²) in [5.41, 5.74) is 3.82. The molecule has 0 amide bonds. The predicted molar refractivity (Wildman–Crippen MR) is 113 cm³/mol. The molecule has 0 saturated heterocycles. The molecule has 2 heterocycles. The lowest BCUT2D eigenvalue weighted by molar-refractivity contribution is 0.0950. The number of carboxylic acid groups (broad SMARTS) is 1. The summed E-state index contributed by atoms with van der Waals surface area (Å²) in [7, 11) is 0. The van der Waals surface area contributed by atoms with Crippen LogP contribution < -0.4 is 4.74 Å². The smallest absolute Gasteiger partial charge is 0.449 e. The van der Waals surface area contributed by atoms with Crippen LogP contribution in [-0.4, -0.2) is 27.0 Å². The Morgan fingerprint density at radius 2 is 1.65 bits per heavy atom. The van der Waals surface area contributed by atoms with E-state index < -0.39 is 6.16 Å². The van der Waals surface area contributed by atoms with Gasteiger partial charge in [-0.1, -0.05) is 54.6 Å². The van der Waals surface area contributed by atoms with Crippen LogP contribution in [-0.2, 0) is 6.42 Å². The molecule has 0 spiro atoms. The molecule has 7 nitrogen and oxygen atoms in total. The van der Waals surface area contributed by atoms with Gasteiger partial charge in [0.15, 0.2) is 5.76 Å². The van der Waals surface area contributed by atoms with Crippen molar-refractivity contribution >= 4 is 11.9 Å². The monoisotopic (exact) mass is 414 g/mol. The summed E-state index contributed by atoms with van der Waals surface area (Å²) >= 11 is 0. The van der Waals surface area contributed by atoms with Crippen LogP contribution >= 0.6 is 0 Å². The lowest BCUT2D eigenvalue weighted by Gasteiger charge is -2.04. The molecule has 4 rings (SSSR count). The first kappa shape index (κ1) is 20.0. The number of aryl methyl sites for hydroxylation is 1. The summed E-state index contributed by atoms with van der Waals surface area (Å²) in [6.07, 6.45) is 2.17. The number of carbonyl (C=O) groups excluding carboxylic acids is 1. The lowest BCUT2D eigenvalue weighted by atomic mass is 10.0. The molecule has 0 saturated carbocycles. The van der Waals surface area contributed by atoms with E-state index in [1.54, 1.807) is 6.07 Å². The topological polar surface area (TPSA) is 103 Å². The van der Waals surface area contributed by atoms with Gasteiger partial charge in [0.05, 0.1) is 6.20 Å². The van der Waals surface area contributed by atoms with Crippen molar-refractivity contribution in [2.75, 3.05) is 0 Å². The number of Topliss-reactive ketones (excluding diaryl/α,β-unsaturated/α-hetero) is 1. The summed E-state index contributed by atoms with van der Waals surface area (Å²) in [6.45, 7) is 0. The third-order valence-electron chi connectivity index (χ3n) is 4.66. The Morgan fingerprint density at radius 3 is 2.39 bits per heavy atom. The van der Waals surface area contributed by atoms with Crippen molar-refractivity contribution in [3.63, 3.8) is 0 Å². The average Bonchev–Trinajstić information content (AvgIpc) is 3.29. The minimum absolute atomic E-state index is 0.00780. The first-order valence-electron chi connectivity index (χ1n) is 9.59. The number of ketones is 1. The van der Waals surface area contributed by atoms with E-state index in [0.717, 1.165) is 16.7 Å². The summed E-state index contributed by atoms with van der Waals surface area (Å²) in [4.78, 5) is 31.0. The largest absolute Gasteiger partial charge is 0.512 e. The number of hydrogen-bond acceptors (Lipinski definition) is 6. The maximum absolute atomic E-state index is 12.5. The lowest BCUT2D eigenvalue weighted by Crippen LogP contribution is -2.04. The number of ether oxygens (including phenoxy) is 1. The molecule has 1 N–H and O–H groups in total. The summed E-state index contributed by atoms with van der Waals surface area (Å²) in [6, 6.07) is 21.2. The van der Waals surface area contributed by atoms with Crippen molar-refractivity contribution in [3.8, 4) is 28.3 Å². The molecule has 0 aliphatic heterocycles. The number of pyridine rings is 1. The fraction of sp³-hybridized carbons (Fsp3) is 0.0833. The minimum atomic E-state index is -1.46. The van der Waals surface area contributed by atoms with E-state index in [-0.39, 0.29) is 24.0 Å². The van der Waals surface area contributed by atoms with Gasteiger partial charge in [-0.15, -0.1) is 0 Å². The zero-order valence-electron chi connectivity index (χ0n) is 16.4. The van der Waals surface area contributed by atoms with Crippen LogP contribution in [0.1, 0.15) is 22.7 Å². The third kappa shape index (κ3) is 5.02. The molecular weight excluding hydrogens is 396 g/mol. The number of oxazole rings is 1. The number of aromatic nitrogens is 2. The highest BCUT2D eigenvalue weighted by Crippen LogP contribution is 2.24. The second kappa shape index (κ2) is 9.04. The first-order chi connectivity index (χ1) is 15.1. The number of rotatable bonds is 7. The van der Waals surface area contributed by atoms with Crippen LogP contribution in [0.2, 0.25) is 0 Å². The molecule has 0 radical (unpaired) electrons. The Morgan fingerprint density at radius 1 is 0.903 bits per heavy atom. The molecule has 7 heteroatoms. The molecule has 0 aliphatic carbocycles. The maximum Gasteiger partial charge on any atom is 0.512 e. The molecule has 0 unspecified atom stereocenters. The molecule has 0 fully saturated rings. The van der Waals surface area contributed by atoms with E-state index in [1.807, 2.05) is 42.5 Å². The zero-order valence-corrected chi connectivity index (χ0v) is 16.4. The standard InChI is InChI=1S/C24H18N2O5/c27-20(11-8-16-6-9-18(10-7-16)17-4-2-1-3-5-17)23-26-15-21(30-23)19-12-13-25-22(14-19)31-24(28)29/h1-7,9-10,12-15H,8,11H2,(H,28,29). The fourth-order valence-electron chi connectivity index (χ4n) is 3.10. The van der Waals surface area contributed by atoms with Crippen LogP contribution in [0.3, 0.4) is 0 Å². The molecule has 2 aromatic heterocycles. The van der Waals surface area contributed by atoms with Crippen LogP contribution in [0.15, 0.2) is 83.5 Å². The third-order valence-corrected chi connectivity index (χ3v) is 4.66. The summed E-state index contributed by atoms with van der Waals surface area (Å²) in [5.74, 6) is 0.0318. The van der Waals surface area contributed by atoms with Crippen molar-refractivity contribution in [3.05, 3.63) is 90.6 Å². The van der Waals surface area contributed by atoms with Crippen molar-refractivity contribution < 1.29 is 23.8 Å². The SMILES string of the molecule is O=C(O)Oc1cc(-c2cnc(C(=O)CCc3ccc(-c4ccccc4)cc3)o2)ccn1. The van der Waals surface area contributed by atoms with Gasteiger partial charge in [0.1, 0.15) is 0 Å². The van der Waals surface area contributed by atoms with Gasteiger partial charge >= 0.3 is 6.16 Å². The van der Waals surface area contributed by atoms with Gasteiger partial charge in [-0.05, 0) is 29.2 Å². The Bertz CT molecular complexity index is 1200. The van der Waals surface area contributed by atoms with Gasteiger partial charge in [-0.3, -0.25) is 4.79 Å². The van der Waals surface area contributed by atoms with E-state index in [9.17, 15) is 9.59 Å². The highest BCUT2D eigenvalue weighted by atomic mass is 16.7. The number of hydrogen-bond donors (Lipinski definition) is 1. The van der Waals surface area contributed by atoms with E-state index in [4.69, 9.17) is 9.52 Å². The summed E-state index contributed by atoms with van der Waals surface area (Å²) < 4.78 is 10.1. The molecular formula is C24H18N2O5. The molecule has 31 heavy (non-hydrogen) atoms. The van der Waals surface area contributed by atoms with Crippen molar-refractivity contribution in [2.24, 2.45) is 0 Å². The second-order valence-corrected chi connectivity index (χ2v) is 6.77. The zero-order chi connectivity index (χ0) is 21.6. The van der Waals surface area contributed by atoms with Gasteiger partial charge in [0, 0.05) is 24.2 Å². The molecule has 0 bridgehead atoms. The number of carbonyl (C=O) groups is 2.